The molecule has 0 aromatic carbocycles. The van der Waals surface area contributed by atoms with Gasteiger partial charge in [-0.25, -0.2) is 18.7 Å². The number of H-pyrrole nitrogens is 1. The van der Waals surface area contributed by atoms with Gasteiger partial charge < -0.3 is 10.3 Å². The molecule has 0 aliphatic rings. The van der Waals surface area contributed by atoms with E-state index in [0.717, 1.165) is 33.5 Å². The predicted octanol–water partition coefficient (Wildman–Crippen LogP) is 5.83. The number of fused-ring (bicyclic) bond motifs is 1. The smallest absolute Gasteiger partial charge is 0.239 e. The number of pyridine rings is 3. The molecule has 35 heavy (non-hydrogen) atoms. The van der Waals surface area contributed by atoms with Crippen LogP contribution in [-0.2, 0) is 4.79 Å². The quantitative estimate of drug-likeness (QED) is 0.299. The molecule has 1 atom stereocenters. The van der Waals surface area contributed by atoms with E-state index < -0.39 is 24.7 Å². The molecule has 0 bridgehead atoms. The second kappa shape index (κ2) is 9.67. The molecular formula is C25H20F2N6OS. The Morgan fingerprint density at radius 1 is 1.09 bits per heavy atom. The summed E-state index contributed by atoms with van der Waals surface area (Å²) >= 11 is 1.32. The van der Waals surface area contributed by atoms with Crippen LogP contribution in [-0.4, -0.2) is 37.3 Å². The maximum atomic E-state index is 13.2. The van der Waals surface area contributed by atoms with Crippen molar-refractivity contribution in [3.8, 4) is 22.5 Å². The highest BCUT2D eigenvalue weighted by Crippen LogP contribution is 2.37. The molecule has 1 amide bonds. The molecule has 0 radical (unpaired) electrons. The summed E-state index contributed by atoms with van der Waals surface area (Å²) in [6, 6.07) is 12.9. The van der Waals surface area contributed by atoms with Crippen molar-refractivity contribution in [3.05, 3.63) is 77.1 Å². The third kappa shape index (κ3) is 4.78. The maximum Gasteiger partial charge on any atom is 0.239 e. The number of carbonyl (C=O) groups is 1. The fraction of sp³-hybridized carbons (Fsp3) is 0.160. The number of carbonyl (C=O) groups excluding carboxylic acids is 1. The van der Waals surface area contributed by atoms with E-state index in [1.54, 1.807) is 43.0 Å². The van der Waals surface area contributed by atoms with Crippen LogP contribution in [0.4, 0.5) is 14.6 Å². The van der Waals surface area contributed by atoms with E-state index in [9.17, 15) is 13.6 Å². The first kappa shape index (κ1) is 22.7. The molecule has 176 valence electrons. The summed E-state index contributed by atoms with van der Waals surface area (Å²) in [4.78, 5) is 33.9. The Morgan fingerprint density at radius 3 is 2.69 bits per heavy atom. The summed E-state index contributed by atoms with van der Waals surface area (Å²) in [7, 11) is 0. The minimum atomic E-state index is -2.65. The van der Waals surface area contributed by atoms with Gasteiger partial charge in [0.15, 0.2) is 0 Å². The van der Waals surface area contributed by atoms with Crippen molar-refractivity contribution in [2.45, 2.75) is 25.7 Å². The number of hydrogen-bond donors (Lipinski definition) is 2. The highest BCUT2D eigenvalue weighted by molar-refractivity contribution is 7.09. The molecule has 0 saturated carbocycles. The zero-order valence-electron chi connectivity index (χ0n) is 18.6. The SMILES string of the molecule is Cc1nc(C(CC(F)F)C(=O)Nc2cc(-c3[nH]c4cccnc4c3-c3ccccn3)ccn2)cs1. The Kier molecular flexibility index (Phi) is 6.28. The molecule has 0 aliphatic heterocycles. The Morgan fingerprint density at radius 2 is 1.94 bits per heavy atom. The molecular weight excluding hydrogens is 470 g/mol. The lowest BCUT2D eigenvalue weighted by Crippen LogP contribution is -2.24. The fourth-order valence-corrected chi connectivity index (χ4v) is 4.61. The minimum absolute atomic E-state index is 0.248. The van der Waals surface area contributed by atoms with Gasteiger partial charge in [0.1, 0.15) is 5.82 Å². The average molecular weight is 491 g/mol. The number of aryl methyl sites for hydroxylation is 1. The molecule has 1 unspecified atom stereocenters. The van der Waals surface area contributed by atoms with Crippen LogP contribution in [0, 0.1) is 6.92 Å². The topological polar surface area (TPSA) is 96.5 Å². The molecule has 0 spiro atoms. The maximum absolute atomic E-state index is 13.2. The third-order valence-electron chi connectivity index (χ3n) is 5.50. The summed E-state index contributed by atoms with van der Waals surface area (Å²) in [5.74, 6) is -1.41. The number of aromatic amines is 1. The van der Waals surface area contributed by atoms with E-state index in [-0.39, 0.29) is 5.82 Å². The molecule has 7 nitrogen and oxygen atoms in total. The van der Waals surface area contributed by atoms with Gasteiger partial charge in [0.25, 0.3) is 0 Å². The van der Waals surface area contributed by atoms with Gasteiger partial charge in [0.2, 0.25) is 12.3 Å². The first-order valence-corrected chi connectivity index (χ1v) is 11.7. The van der Waals surface area contributed by atoms with E-state index in [1.807, 2.05) is 30.3 Å². The Labute approximate surface area is 203 Å². The van der Waals surface area contributed by atoms with E-state index in [4.69, 9.17) is 0 Å². The molecule has 5 aromatic rings. The van der Waals surface area contributed by atoms with Crippen molar-refractivity contribution in [3.63, 3.8) is 0 Å². The van der Waals surface area contributed by atoms with Gasteiger partial charge in [-0.15, -0.1) is 11.3 Å². The minimum Gasteiger partial charge on any atom is -0.353 e. The van der Waals surface area contributed by atoms with Crippen molar-refractivity contribution in [1.82, 2.24) is 24.9 Å². The summed E-state index contributed by atoms with van der Waals surface area (Å²) in [6.45, 7) is 1.77. The van der Waals surface area contributed by atoms with Gasteiger partial charge in [-0.2, -0.15) is 0 Å². The molecule has 0 aliphatic carbocycles. The van der Waals surface area contributed by atoms with Gasteiger partial charge in [-0.3, -0.25) is 14.8 Å². The van der Waals surface area contributed by atoms with E-state index in [0.29, 0.717) is 10.7 Å². The van der Waals surface area contributed by atoms with E-state index >= 15 is 0 Å². The summed E-state index contributed by atoms with van der Waals surface area (Å²) in [5.41, 5.74) is 4.99. The molecule has 5 aromatic heterocycles. The second-order valence-electron chi connectivity index (χ2n) is 7.88. The lowest BCUT2D eigenvalue weighted by atomic mass is 10.0. The number of aromatic nitrogens is 5. The van der Waals surface area contributed by atoms with Crippen molar-refractivity contribution < 1.29 is 13.6 Å². The summed E-state index contributed by atoms with van der Waals surface area (Å²) in [6.07, 6.45) is 1.72. The van der Waals surface area contributed by atoms with Crippen LogP contribution in [0.15, 0.2) is 66.4 Å². The molecule has 0 fully saturated rings. The number of nitrogens with one attached hydrogen (secondary N) is 2. The summed E-state index contributed by atoms with van der Waals surface area (Å²) in [5, 5.41) is 5.05. The highest BCUT2D eigenvalue weighted by atomic mass is 32.1. The van der Waals surface area contributed by atoms with E-state index in [2.05, 4.69) is 30.2 Å². The highest BCUT2D eigenvalue weighted by Gasteiger charge is 2.27. The largest absolute Gasteiger partial charge is 0.353 e. The van der Waals surface area contributed by atoms with Crippen molar-refractivity contribution >= 4 is 34.1 Å². The van der Waals surface area contributed by atoms with Crippen LogP contribution in [0.5, 0.6) is 0 Å². The number of alkyl halides is 2. The Bertz CT molecular complexity index is 1480. The van der Waals surface area contributed by atoms with Crippen LogP contribution in [0.3, 0.4) is 0 Å². The van der Waals surface area contributed by atoms with Gasteiger partial charge in [0, 0.05) is 36.0 Å². The Balaban J connectivity index is 1.51. The van der Waals surface area contributed by atoms with Crippen molar-refractivity contribution in [2.24, 2.45) is 0 Å². The van der Waals surface area contributed by atoms with Crippen LogP contribution >= 0.6 is 11.3 Å². The zero-order valence-corrected chi connectivity index (χ0v) is 19.4. The number of hydrogen-bond acceptors (Lipinski definition) is 6. The van der Waals surface area contributed by atoms with Gasteiger partial charge >= 0.3 is 0 Å². The Hall–Kier alpha value is -4.05. The van der Waals surface area contributed by atoms with Crippen molar-refractivity contribution in [2.75, 3.05) is 5.32 Å². The third-order valence-corrected chi connectivity index (χ3v) is 6.29. The number of anilines is 1. The molecule has 2 N–H and O–H groups in total. The molecule has 5 rings (SSSR count). The lowest BCUT2D eigenvalue weighted by molar-refractivity contribution is -0.118. The number of amides is 1. The number of rotatable bonds is 7. The fourth-order valence-electron chi connectivity index (χ4n) is 3.95. The summed E-state index contributed by atoms with van der Waals surface area (Å²) < 4.78 is 26.5. The second-order valence-corrected chi connectivity index (χ2v) is 8.94. The van der Waals surface area contributed by atoms with Crippen LogP contribution < -0.4 is 5.32 Å². The monoisotopic (exact) mass is 490 g/mol. The first-order valence-electron chi connectivity index (χ1n) is 10.8. The van der Waals surface area contributed by atoms with E-state index in [1.165, 1.54) is 11.3 Å². The first-order chi connectivity index (χ1) is 17.0. The lowest BCUT2D eigenvalue weighted by Gasteiger charge is -2.15. The normalized spacial score (nSPS) is 12.2. The standard InChI is InChI=1S/C25H20F2N6OS/c1-14-31-19(13-35-14)16(12-20(26)27)25(34)33-21-11-15(7-10-29-21)23-22(17-5-2-3-8-28-17)24-18(32-23)6-4-9-30-24/h2-11,13,16,20,32H,12H2,1H3,(H,29,33,34). The predicted molar refractivity (Wildman–Crippen MR) is 131 cm³/mol. The number of halogens is 2. The van der Waals surface area contributed by atoms with Gasteiger partial charge in [-0.05, 0) is 43.3 Å². The molecule has 5 heterocycles. The van der Waals surface area contributed by atoms with Crippen molar-refractivity contribution in [1.29, 1.82) is 0 Å². The molecule has 0 saturated heterocycles. The van der Waals surface area contributed by atoms with Gasteiger partial charge in [-0.1, -0.05) is 6.07 Å². The zero-order chi connectivity index (χ0) is 24.4. The van der Waals surface area contributed by atoms with Crippen LogP contribution in [0.25, 0.3) is 33.5 Å². The molecule has 10 heteroatoms. The number of nitrogens with zero attached hydrogens (tertiary/aromatic N) is 4. The van der Waals surface area contributed by atoms with Crippen LogP contribution in [0.2, 0.25) is 0 Å². The number of thiazole rings is 1. The average Bonchev–Trinajstić information content (AvgIpc) is 3.47. The van der Waals surface area contributed by atoms with Gasteiger partial charge in [0.05, 0.1) is 44.6 Å². The van der Waals surface area contributed by atoms with Crippen LogP contribution in [0.1, 0.15) is 23.0 Å².